The number of anilines is 1. The number of amides is 2. The molecule has 3 heterocycles. The number of para-hydroxylation sites is 1. The molecule has 2 N–H and O–H groups in total. The van der Waals surface area contributed by atoms with Crippen LogP contribution in [-0.2, 0) is 28.9 Å². The first-order valence-electron chi connectivity index (χ1n) is 10.6. The molecule has 164 valence electrons. The van der Waals surface area contributed by atoms with Crippen molar-refractivity contribution in [3.05, 3.63) is 46.6 Å². The van der Waals surface area contributed by atoms with Crippen molar-refractivity contribution in [3.8, 4) is 0 Å². The Morgan fingerprint density at radius 1 is 1.29 bits per heavy atom. The molecule has 4 rings (SSSR count). The Hall–Kier alpha value is -2.87. The van der Waals surface area contributed by atoms with Gasteiger partial charge < -0.3 is 19.9 Å². The first kappa shape index (κ1) is 21.4. The number of carbonyl (C=O) groups is 2. The van der Waals surface area contributed by atoms with Gasteiger partial charge in [-0.25, -0.2) is 9.78 Å². The van der Waals surface area contributed by atoms with Gasteiger partial charge in [-0.2, -0.15) is 0 Å². The standard InChI is InChI=1S/C23H28N4O3S/c1-23(2,3)30-22(29)27-12-11-18-19(14-27)31-21(25-18)26-20(28)10-6-7-15-13-24-17-9-5-4-8-16(15)17/h4-5,8-9,13,24H,6-7,10-12,14H2,1-3H3,(H,25,26,28). The van der Waals surface area contributed by atoms with Gasteiger partial charge in [0.15, 0.2) is 5.13 Å². The van der Waals surface area contributed by atoms with E-state index in [2.05, 4.69) is 27.4 Å². The number of ether oxygens (including phenoxy) is 1. The second-order valence-corrected chi connectivity index (χ2v) is 9.89. The van der Waals surface area contributed by atoms with Crippen molar-refractivity contribution in [1.82, 2.24) is 14.9 Å². The Labute approximate surface area is 185 Å². The molecule has 0 unspecified atom stereocenters. The van der Waals surface area contributed by atoms with Gasteiger partial charge in [0.25, 0.3) is 0 Å². The molecule has 0 aliphatic carbocycles. The van der Waals surface area contributed by atoms with Crippen LogP contribution in [0.2, 0.25) is 0 Å². The first-order valence-corrected chi connectivity index (χ1v) is 11.4. The highest BCUT2D eigenvalue weighted by Gasteiger charge is 2.28. The third-order valence-corrected chi connectivity index (χ3v) is 6.15. The molecule has 1 aliphatic rings. The number of rotatable bonds is 5. The van der Waals surface area contributed by atoms with Crippen LogP contribution in [0.15, 0.2) is 30.5 Å². The molecule has 0 radical (unpaired) electrons. The van der Waals surface area contributed by atoms with E-state index in [9.17, 15) is 9.59 Å². The zero-order chi connectivity index (χ0) is 22.0. The maximum absolute atomic E-state index is 12.4. The summed E-state index contributed by atoms with van der Waals surface area (Å²) < 4.78 is 5.46. The topological polar surface area (TPSA) is 87.3 Å². The van der Waals surface area contributed by atoms with Crippen LogP contribution in [0.25, 0.3) is 10.9 Å². The molecule has 1 aromatic carbocycles. The molecule has 0 saturated heterocycles. The SMILES string of the molecule is CC(C)(C)OC(=O)N1CCc2nc(NC(=O)CCCc3c[nH]c4ccccc34)sc2C1. The lowest BCUT2D eigenvalue weighted by Crippen LogP contribution is -2.39. The summed E-state index contributed by atoms with van der Waals surface area (Å²) in [6, 6.07) is 8.19. The van der Waals surface area contributed by atoms with Crippen molar-refractivity contribution in [2.45, 2.75) is 58.6 Å². The van der Waals surface area contributed by atoms with Gasteiger partial charge in [0, 0.05) is 41.4 Å². The molecule has 0 saturated carbocycles. The molecule has 3 aromatic rings. The Bertz CT molecular complexity index is 1100. The van der Waals surface area contributed by atoms with E-state index in [0.29, 0.717) is 31.1 Å². The van der Waals surface area contributed by atoms with Crippen LogP contribution in [0.1, 0.15) is 49.7 Å². The summed E-state index contributed by atoms with van der Waals surface area (Å²) in [4.78, 5) is 35.3. The quantitative estimate of drug-likeness (QED) is 0.592. The lowest BCUT2D eigenvalue weighted by Gasteiger charge is -2.29. The number of nitrogens with zero attached hydrogens (tertiary/aromatic N) is 2. The Kier molecular flexibility index (Phi) is 6.00. The van der Waals surface area contributed by atoms with Gasteiger partial charge in [-0.3, -0.25) is 4.79 Å². The molecular formula is C23H28N4O3S. The number of carbonyl (C=O) groups excluding carboxylic acids is 2. The van der Waals surface area contributed by atoms with Gasteiger partial charge in [-0.1, -0.05) is 29.5 Å². The van der Waals surface area contributed by atoms with Crippen LogP contribution in [0, 0.1) is 0 Å². The number of thiazole rings is 1. The van der Waals surface area contributed by atoms with Gasteiger partial charge in [0.2, 0.25) is 5.91 Å². The molecule has 8 heteroatoms. The predicted octanol–water partition coefficient (Wildman–Crippen LogP) is 4.88. The third kappa shape index (κ3) is 5.25. The maximum atomic E-state index is 12.4. The number of aromatic nitrogens is 2. The highest BCUT2D eigenvalue weighted by atomic mass is 32.1. The van der Waals surface area contributed by atoms with Gasteiger partial charge in [-0.15, -0.1) is 0 Å². The highest BCUT2D eigenvalue weighted by molar-refractivity contribution is 7.15. The molecule has 0 fully saturated rings. The number of nitrogens with one attached hydrogen (secondary N) is 2. The van der Waals surface area contributed by atoms with Crippen LogP contribution in [0.3, 0.4) is 0 Å². The number of aryl methyl sites for hydroxylation is 1. The summed E-state index contributed by atoms with van der Waals surface area (Å²) in [5.74, 6) is -0.0325. The van der Waals surface area contributed by atoms with Crippen LogP contribution in [0.5, 0.6) is 0 Å². The fraction of sp³-hybridized carbons (Fsp3) is 0.435. The van der Waals surface area contributed by atoms with E-state index in [1.165, 1.54) is 22.3 Å². The van der Waals surface area contributed by atoms with Crippen LogP contribution in [-0.4, -0.2) is 39.0 Å². The molecular weight excluding hydrogens is 412 g/mol. The summed E-state index contributed by atoms with van der Waals surface area (Å²) in [5.41, 5.74) is 2.79. The molecule has 0 bridgehead atoms. The maximum Gasteiger partial charge on any atom is 0.410 e. The van der Waals surface area contributed by atoms with Crippen LogP contribution < -0.4 is 5.32 Å². The monoisotopic (exact) mass is 440 g/mol. The average Bonchev–Trinajstić information content (AvgIpc) is 3.29. The average molecular weight is 441 g/mol. The van der Waals surface area contributed by atoms with E-state index in [1.807, 2.05) is 39.1 Å². The van der Waals surface area contributed by atoms with Crippen molar-refractivity contribution < 1.29 is 14.3 Å². The minimum absolute atomic E-state index is 0.0325. The molecule has 2 amide bonds. The van der Waals surface area contributed by atoms with Crippen LogP contribution >= 0.6 is 11.3 Å². The lowest BCUT2D eigenvalue weighted by atomic mass is 10.1. The van der Waals surface area contributed by atoms with Crippen molar-refractivity contribution in [3.63, 3.8) is 0 Å². The van der Waals surface area contributed by atoms with Gasteiger partial charge in [0.05, 0.1) is 12.2 Å². The van der Waals surface area contributed by atoms with E-state index in [-0.39, 0.29) is 12.0 Å². The fourth-order valence-corrected chi connectivity index (χ4v) is 4.73. The van der Waals surface area contributed by atoms with E-state index in [4.69, 9.17) is 4.74 Å². The summed E-state index contributed by atoms with van der Waals surface area (Å²) in [6.07, 6.45) is 4.43. The Morgan fingerprint density at radius 2 is 2.10 bits per heavy atom. The first-order chi connectivity index (χ1) is 14.8. The third-order valence-electron chi connectivity index (χ3n) is 5.15. The molecule has 31 heavy (non-hydrogen) atoms. The van der Waals surface area contributed by atoms with Gasteiger partial charge in [-0.05, 0) is 45.2 Å². The van der Waals surface area contributed by atoms with E-state index < -0.39 is 5.60 Å². The van der Waals surface area contributed by atoms with E-state index in [1.54, 1.807) is 4.90 Å². The van der Waals surface area contributed by atoms with E-state index >= 15 is 0 Å². The second-order valence-electron chi connectivity index (χ2n) is 8.80. The van der Waals surface area contributed by atoms with Crippen LogP contribution in [0.4, 0.5) is 9.93 Å². The number of benzene rings is 1. The minimum atomic E-state index is -0.517. The lowest BCUT2D eigenvalue weighted by molar-refractivity contribution is -0.116. The number of aromatic amines is 1. The molecule has 0 spiro atoms. The zero-order valence-corrected chi connectivity index (χ0v) is 19.0. The number of hydrogen-bond donors (Lipinski definition) is 2. The Morgan fingerprint density at radius 3 is 2.90 bits per heavy atom. The van der Waals surface area contributed by atoms with Crippen molar-refractivity contribution in [2.75, 3.05) is 11.9 Å². The summed E-state index contributed by atoms with van der Waals surface area (Å²) in [7, 11) is 0. The smallest absolute Gasteiger partial charge is 0.410 e. The Balaban J connectivity index is 1.28. The number of hydrogen-bond acceptors (Lipinski definition) is 5. The molecule has 7 nitrogen and oxygen atoms in total. The molecule has 0 atom stereocenters. The minimum Gasteiger partial charge on any atom is -0.444 e. The van der Waals surface area contributed by atoms with Crippen molar-refractivity contribution in [2.24, 2.45) is 0 Å². The highest BCUT2D eigenvalue weighted by Crippen LogP contribution is 2.29. The van der Waals surface area contributed by atoms with Gasteiger partial charge in [0.1, 0.15) is 5.60 Å². The van der Waals surface area contributed by atoms with Crippen molar-refractivity contribution >= 4 is 39.4 Å². The zero-order valence-electron chi connectivity index (χ0n) is 18.2. The van der Waals surface area contributed by atoms with Gasteiger partial charge >= 0.3 is 6.09 Å². The fourth-order valence-electron chi connectivity index (χ4n) is 3.69. The van der Waals surface area contributed by atoms with E-state index in [0.717, 1.165) is 28.9 Å². The number of H-pyrrole nitrogens is 1. The number of fused-ring (bicyclic) bond motifs is 2. The van der Waals surface area contributed by atoms with Crippen molar-refractivity contribution in [1.29, 1.82) is 0 Å². The second kappa shape index (κ2) is 8.70. The molecule has 2 aromatic heterocycles. The molecule has 1 aliphatic heterocycles. The normalized spacial score (nSPS) is 13.8. The summed E-state index contributed by atoms with van der Waals surface area (Å²) >= 11 is 1.44. The summed E-state index contributed by atoms with van der Waals surface area (Å²) in [5, 5.41) is 4.74. The predicted molar refractivity (Wildman–Crippen MR) is 122 cm³/mol. The summed E-state index contributed by atoms with van der Waals surface area (Å²) in [6.45, 7) is 6.62. The largest absolute Gasteiger partial charge is 0.444 e.